The summed E-state index contributed by atoms with van der Waals surface area (Å²) in [5.41, 5.74) is 1.74. The number of nitrogens with one attached hydrogen (secondary N) is 1. The second-order valence-electron chi connectivity index (χ2n) is 10.3. The number of amides is 1. The molecule has 4 rings (SSSR count). The van der Waals surface area contributed by atoms with Gasteiger partial charge in [-0.2, -0.15) is 0 Å². The molecule has 0 heterocycles. The van der Waals surface area contributed by atoms with Crippen LogP contribution in [0.5, 0.6) is 0 Å². The van der Waals surface area contributed by atoms with Crippen molar-refractivity contribution in [1.82, 2.24) is 0 Å². The van der Waals surface area contributed by atoms with Gasteiger partial charge in [-0.1, -0.05) is 75.6 Å². The van der Waals surface area contributed by atoms with Gasteiger partial charge < -0.3 is 10.2 Å². The minimum atomic E-state index is -0.617. The highest BCUT2D eigenvalue weighted by molar-refractivity contribution is 6.33. The van der Waals surface area contributed by atoms with Gasteiger partial charge in [-0.15, -0.1) is 0 Å². The van der Waals surface area contributed by atoms with Crippen molar-refractivity contribution in [2.75, 3.05) is 5.32 Å². The molecular formula is C27H31ClN2O3. The Morgan fingerprint density at radius 2 is 1.70 bits per heavy atom. The zero-order valence-corrected chi connectivity index (χ0v) is 20.6. The lowest BCUT2D eigenvalue weighted by atomic mass is 9.64. The molecule has 2 aromatic rings. The first-order valence-corrected chi connectivity index (χ1v) is 11.8. The van der Waals surface area contributed by atoms with Crippen LogP contribution >= 0.6 is 11.6 Å². The summed E-state index contributed by atoms with van der Waals surface area (Å²) >= 11 is 6.12. The van der Waals surface area contributed by atoms with E-state index in [4.69, 9.17) is 16.4 Å². The van der Waals surface area contributed by atoms with Gasteiger partial charge >= 0.3 is 5.97 Å². The molecule has 2 aliphatic rings. The smallest absolute Gasteiger partial charge is 0.326 e. The SMILES string of the molecule is CC(C)c1ccc(NC(=O)C23CCC(C)(/C(=N\OC(=O)c4ccccc4Cl)C2)C3(C)C)cc1. The fraction of sp³-hybridized carbons (Fsp3) is 0.444. The van der Waals surface area contributed by atoms with E-state index in [0.29, 0.717) is 17.4 Å². The number of hydrogen-bond donors (Lipinski definition) is 1. The Balaban J connectivity index is 1.57. The van der Waals surface area contributed by atoms with Crippen LogP contribution in [0.15, 0.2) is 53.7 Å². The van der Waals surface area contributed by atoms with Gasteiger partial charge in [0.1, 0.15) is 0 Å². The predicted molar refractivity (Wildman–Crippen MR) is 132 cm³/mol. The third kappa shape index (κ3) is 3.67. The second kappa shape index (κ2) is 8.28. The molecular weight excluding hydrogens is 436 g/mol. The second-order valence-corrected chi connectivity index (χ2v) is 10.8. The minimum Gasteiger partial charge on any atom is -0.326 e. The van der Waals surface area contributed by atoms with Gasteiger partial charge in [0.05, 0.1) is 21.7 Å². The Kier molecular flexibility index (Phi) is 5.90. The Hall–Kier alpha value is -2.66. The number of anilines is 1. The highest BCUT2D eigenvalue weighted by Crippen LogP contribution is 2.71. The van der Waals surface area contributed by atoms with Crippen molar-refractivity contribution in [1.29, 1.82) is 0 Å². The summed E-state index contributed by atoms with van der Waals surface area (Å²) in [6.07, 6.45) is 2.04. The van der Waals surface area contributed by atoms with E-state index in [0.717, 1.165) is 24.2 Å². The molecule has 1 N–H and O–H groups in total. The molecule has 2 unspecified atom stereocenters. The molecule has 174 valence electrons. The van der Waals surface area contributed by atoms with Crippen LogP contribution in [0.25, 0.3) is 0 Å². The number of oxime groups is 1. The summed E-state index contributed by atoms with van der Waals surface area (Å²) < 4.78 is 0. The lowest BCUT2D eigenvalue weighted by Gasteiger charge is -2.39. The van der Waals surface area contributed by atoms with Crippen molar-refractivity contribution in [2.45, 2.75) is 59.8 Å². The van der Waals surface area contributed by atoms with Crippen LogP contribution in [0.4, 0.5) is 5.69 Å². The summed E-state index contributed by atoms with van der Waals surface area (Å²) in [5.74, 6) is -0.165. The molecule has 2 aliphatic carbocycles. The van der Waals surface area contributed by atoms with Crippen molar-refractivity contribution in [3.05, 3.63) is 64.7 Å². The van der Waals surface area contributed by atoms with Gasteiger partial charge in [-0.05, 0) is 54.0 Å². The zero-order valence-electron chi connectivity index (χ0n) is 19.9. The number of carbonyl (C=O) groups excluding carboxylic acids is 2. The van der Waals surface area contributed by atoms with Gasteiger partial charge in [-0.25, -0.2) is 4.79 Å². The maximum atomic E-state index is 13.6. The first kappa shape index (κ1) is 23.5. The molecule has 0 spiro atoms. The van der Waals surface area contributed by atoms with E-state index in [1.807, 2.05) is 12.1 Å². The van der Waals surface area contributed by atoms with E-state index in [1.165, 1.54) is 5.56 Å². The molecule has 6 heteroatoms. The van der Waals surface area contributed by atoms with Crippen molar-refractivity contribution < 1.29 is 14.4 Å². The number of fused-ring (bicyclic) bond motifs is 2. The Morgan fingerprint density at radius 1 is 1.03 bits per heavy atom. The number of rotatable bonds is 5. The van der Waals surface area contributed by atoms with Crippen molar-refractivity contribution in [3.8, 4) is 0 Å². The summed E-state index contributed by atoms with van der Waals surface area (Å²) in [7, 11) is 0. The van der Waals surface area contributed by atoms with E-state index in [9.17, 15) is 9.59 Å². The van der Waals surface area contributed by atoms with E-state index in [-0.39, 0.29) is 22.3 Å². The molecule has 33 heavy (non-hydrogen) atoms. The maximum Gasteiger partial charge on any atom is 0.367 e. The summed E-state index contributed by atoms with van der Waals surface area (Å²) in [6, 6.07) is 14.8. The molecule has 2 saturated carbocycles. The standard InChI is InChI=1S/C27H31ClN2O3/c1-17(2)18-10-12-19(13-11-18)29-24(32)27-15-14-26(5,25(27,3)4)22(16-27)30-33-23(31)20-8-6-7-9-21(20)28/h6-13,17H,14-16H2,1-5H3,(H,29,32)/b30-22-. The summed E-state index contributed by atoms with van der Waals surface area (Å²) in [6.45, 7) is 10.7. The average Bonchev–Trinajstić information content (AvgIpc) is 3.09. The molecule has 5 nitrogen and oxygen atoms in total. The van der Waals surface area contributed by atoms with Crippen LogP contribution in [-0.2, 0) is 9.63 Å². The van der Waals surface area contributed by atoms with Crippen LogP contribution in [0.1, 0.15) is 75.7 Å². The van der Waals surface area contributed by atoms with E-state index >= 15 is 0 Å². The molecule has 2 atom stereocenters. The Labute approximate surface area is 200 Å². The zero-order chi connectivity index (χ0) is 24.0. The van der Waals surface area contributed by atoms with Crippen LogP contribution in [0.2, 0.25) is 5.02 Å². The predicted octanol–water partition coefficient (Wildman–Crippen LogP) is 6.83. The van der Waals surface area contributed by atoms with Gasteiger partial charge in [0.25, 0.3) is 0 Å². The maximum absolute atomic E-state index is 13.6. The minimum absolute atomic E-state index is 0.00356. The van der Waals surface area contributed by atoms with Gasteiger partial charge in [-0.3, -0.25) is 4.79 Å². The molecule has 1 amide bonds. The van der Waals surface area contributed by atoms with Gasteiger partial charge in [0.2, 0.25) is 5.91 Å². The average molecular weight is 467 g/mol. The molecule has 2 fully saturated rings. The lowest BCUT2D eigenvalue weighted by molar-refractivity contribution is -0.130. The van der Waals surface area contributed by atoms with Crippen LogP contribution in [0.3, 0.4) is 0 Å². The fourth-order valence-corrected chi connectivity index (χ4v) is 5.71. The number of hydrogen-bond acceptors (Lipinski definition) is 4. The molecule has 0 radical (unpaired) electrons. The Morgan fingerprint density at radius 3 is 2.33 bits per heavy atom. The molecule has 2 aromatic carbocycles. The number of carbonyl (C=O) groups is 2. The molecule has 0 aromatic heterocycles. The quantitative estimate of drug-likeness (QED) is 0.387. The van der Waals surface area contributed by atoms with Crippen molar-refractivity contribution in [2.24, 2.45) is 21.4 Å². The van der Waals surface area contributed by atoms with Gasteiger partial charge in [0, 0.05) is 17.5 Å². The van der Waals surface area contributed by atoms with Crippen LogP contribution < -0.4 is 5.32 Å². The number of nitrogens with zero attached hydrogens (tertiary/aromatic N) is 1. The monoisotopic (exact) mass is 466 g/mol. The largest absolute Gasteiger partial charge is 0.367 e. The third-order valence-electron chi connectivity index (χ3n) is 8.34. The Bertz CT molecular complexity index is 1120. The number of halogens is 1. The first-order chi connectivity index (χ1) is 15.5. The fourth-order valence-electron chi connectivity index (χ4n) is 5.50. The van der Waals surface area contributed by atoms with Gasteiger partial charge in [0.15, 0.2) is 0 Å². The van der Waals surface area contributed by atoms with E-state index in [1.54, 1.807) is 24.3 Å². The number of benzene rings is 2. The molecule has 2 bridgehead atoms. The first-order valence-electron chi connectivity index (χ1n) is 11.5. The van der Waals surface area contributed by atoms with Crippen LogP contribution in [-0.4, -0.2) is 17.6 Å². The summed E-state index contributed by atoms with van der Waals surface area (Å²) in [4.78, 5) is 31.5. The topological polar surface area (TPSA) is 67.8 Å². The van der Waals surface area contributed by atoms with Crippen LogP contribution in [0, 0.1) is 16.2 Å². The lowest BCUT2D eigenvalue weighted by Crippen LogP contribution is -2.43. The normalized spacial score (nSPS) is 26.6. The highest BCUT2D eigenvalue weighted by Gasteiger charge is 2.71. The van der Waals surface area contributed by atoms with Crippen molar-refractivity contribution >= 4 is 34.9 Å². The third-order valence-corrected chi connectivity index (χ3v) is 8.67. The van der Waals surface area contributed by atoms with Crippen molar-refractivity contribution in [3.63, 3.8) is 0 Å². The summed E-state index contributed by atoms with van der Waals surface area (Å²) in [5, 5.41) is 7.75. The highest BCUT2D eigenvalue weighted by atomic mass is 35.5. The van der Waals surface area contributed by atoms with E-state index < -0.39 is 11.4 Å². The molecule has 0 saturated heterocycles. The van der Waals surface area contributed by atoms with E-state index in [2.05, 4.69) is 57.2 Å². The molecule has 0 aliphatic heterocycles.